The SMILES string of the molecule is CCCCn1ccnc1Nc1cccc(F)c1F. The third kappa shape index (κ3) is 2.67. The van der Waals surface area contributed by atoms with Crippen LogP contribution in [0.15, 0.2) is 30.6 Å². The normalized spacial score (nSPS) is 10.6. The Hall–Kier alpha value is -1.91. The molecule has 0 fully saturated rings. The lowest BCUT2D eigenvalue weighted by Gasteiger charge is -2.10. The van der Waals surface area contributed by atoms with Crippen LogP contribution in [0, 0.1) is 11.6 Å². The summed E-state index contributed by atoms with van der Waals surface area (Å²) in [5.41, 5.74) is 0.0962. The van der Waals surface area contributed by atoms with E-state index in [0.29, 0.717) is 5.95 Å². The van der Waals surface area contributed by atoms with Gasteiger partial charge >= 0.3 is 0 Å². The van der Waals surface area contributed by atoms with Crippen LogP contribution in [0.4, 0.5) is 20.4 Å². The molecule has 3 nitrogen and oxygen atoms in total. The average molecular weight is 251 g/mol. The Labute approximate surface area is 104 Å². The number of nitrogens with one attached hydrogen (secondary N) is 1. The number of nitrogens with zero attached hydrogens (tertiary/aromatic N) is 2. The van der Waals surface area contributed by atoms with Crippen molar-refractivity contribution in [3.05, 3.63) is 42.2 Å². The summed E-state index contributed by atoms with van der Waals surface area (Å²) < 4.78 is 28.5. The van der Waals surface area contributed by atoms with Gasteiger partial charge in [-0.05, 0) is 18.6 Å². The van der Waals surface area contributed by atoms with Gasteiger partial charge in [0.2, 0.25) is 5.95 Å². The second-order valence-corrected chi connectivity index (χ2v) is 4.02. The van der Waals surface area contributed by atoms with Gasteiger partial charge in [-0.15, -0.1) is 0 Å². The number of aryl methyl sites for hydroxylation is 1. The molecule has 0 radical (unpaired) electrons. The molecule has 0 spiro atoms. The Morgan fingerprint density at radius 3 is 2.94 bits per heavy atom. The molecule has 96 valence electrons. The monoisotopic (exact) mass is 251 g/mol. The number of imidazole rings is 1. The zero-order valence-corrected chi connectivity index (χ0v) is 10.2. The van der Waals surface area contributed by atoms with E-state index in [-0.39, 0.29) is 5.69 Å². The van der Waals surface area contributed by atoms with E-state index in [0.717, 1.165) is 25.5 Å². The number of hydrogen-bond acceptors (Lipinski definition) is 2. The first-order valence-corrected chi connectivity index (χ1v) is 5.94. The van der Waals surface area contributed by atoms with E-state index in [1.807, 2.05) is 10.8 Å². The molecule has 1 N–H and O–H groups in total. The Kier molecular flexibility index (Phi) is 3.92. The van der Waals surface area contributed by atoms with Crippen LogP contribution in [-0.2, 0) is 6.54 Å². The van der Waals surface area contributed by atoms with Gasteiger partial charge in [0.25, 0.3) is 0 Å². The van der Waals surface area contributed by atoms with E-state index in [1.54, 1.807) is 6.20 Å². The second kappa shape index (κ2) is 5.62. The highest BCUT2D eigenvalue weighted by Gasteiger charge is 2.10. The minimum atomic E-state index is -0.887. The zero-order chi connectivity index (χ0) is 13.0. The van der Waals surface area contributed by atoms with Gasteiger partial charge in [-0.2, -0.15) is 0 Å². The van der Waals surface area contributed by atoms with Crippen LogP contribution in [-0.4, -0.2) is 9.55 Å². The van der Waals surface area contributed by atoms with E-state index >= 15 is 0 Å². The van der Waals surface area contributed by atoms with Crippen molar-refractivity contribution in [2.75, 3.05) is 5.32 Å². The lowest BCUT2D eigenvalue weighted by Crippen LogP contribution is -2.05. The molecule has 0 aliphatic heterocycles. The summed E-state index contributed by atoms with van der Waals surface area (Å²) in [5, 5.41) is 2.81. The van der Waals surface area contributed by atoms with Gasteiger partial charge in [0, 0.05) is 18.9 Å². The van der Waals surface area contributed by atoms with Crippen LogP contribution in [0.1, 0.15) is 19.8 Å². The van der Waals surface area contributed by atoms with Gasteiger partial charge in [-0.25, -0.2) is 13.8 Å². The molecule has 0 saturated carbocycles. The molecular formula is C13H15F2N3. The maximum Gasteiger partial charge on any atom is 0.207 e. The molecule has 2 aromatic rings. The van der Waals surface area contributed by atoms with Crippen molar-refractivity contribution in [2.24, 2.45) is 0 Å². The molecule has 1 aromatic carbocycles. The fraction of sp³-hybridized carbons (Fsp3) is 0.308. The molecule has 0 atom stereocenters. The number of unbranched alkanes of at least 4 members (excludes halogenated alkanes) is 1. The van der Waals surface area contributed by atoms with Crippen molar-refractivity contribution in [3.8, 4) is 0 Å². The van der Waals surface area contributed by atoms with Crippen molar-refractivity contribution in [2.45, 2.75) is 26.3 Å². The lowest BCUT2D eigenvalue weighted by molar-refractivity contribution is 0.511. The highest BCUT2D eigenvalue weighted by Crippen LogP contribution is 2.20. The maximum atomic E-state index is 13.5. The summed E-state index contributed by atoms with van der Waals surface area (Å²) in [7, 11) is 0. The van der Waals surface area contributed by atoms with Gasteiger partial charge < -0.3 is 9.88 Å². The summed E-state index contributed by atoms with van der Waals surface area (Å²) in [4.78, 5) is 4.10. The van der Waals surface area contributed by atoms with Gasteiger partial charge in [-0.3, -0.25) is 0 Å². The van der Waals surface area contributed by atoms with E-state index in [1.165, 1.54) is 12.1 Å². The Balaban J connectivity index is 2.18. The largest absolute Gasteiger partial charge is 0.323 e. The van der Waals surface area contributed by atoms with Gasteiger partial charge in [0.15, 0.2) is 11.6 Å². The van der Waals surface area contributed by atoms with Gasteiger partial charge in [0.05, 0.1) is 5.69 Å². The minimum absolute atomic E-state index is 0.0962. The first-order valence-electron chi connectivity index (χ1n) is 5.94. The zero-order valence-electron chi connectivity index (χ0n) is 10.2. The van der Waals surface area contributed by atoms with E-state index < -0.39 is 11.6 Å². The van der Waals surface area contributed by atoms with Crippen LogP contribution in [0.2, 0.25) is 0 Å². The Bertz CT molecular complexity index is 523. The van der Waals surface area contributed by atoms with Crippen molar-refractivity contribution in [3.63, 3.8) is 0 Å². The number of aromatic nitrogens is 2. The molecule has 1 heterocycles. The summed E-state index contributed by atoms with van der Waals surface area (Å²) in [6.07, 6.45) is 5.52. The van der Waals surface area contributed by atoms with Crippen LogP contribution in [0.5, 0.6) is 0 Å². The third-order valence-corrected chi connectivity index (χ3v) is 2.67. The topological polar surface area (TPSA) is 29.9 Å². The first-order chi connectivity index (χ1) is 8.72. The van der Waals surface area contributed by atoms with E-state index in [4.69, 9.17) is 0 Å². The predicted molar refractivity (Wildman–Crippen MR) is 66.8 cm³/mol. The molecular weight excluding hydrogens is 236 g/mol. The Morgan fingerprint density at radius 2 is 2.17 bits per heavy atom. The number of anilines is 2. The molecule has 0 unspecified atom stereocenters. The number of hydrogen-bond donors (Lipinski definition) is 1. The molecule has 2 rings (SSSR count). The van der Waals surface area contributed by atoms with Crippen LogP contribution >= 0.6 is 0 Å². The van der Waals surface area contributed by atoms with Crippen molar-refractivity contribution < 1.29 is 8.78 Å². The molecule has 0 saturated heterocycles. The molecule has 0 bridgehead atoms. The molecule has 0 aliphatic carbocycles. The second-order valence-electron chi connectivity index (χ2n) is 4.02. The minimum Gasteiger partial charge on any atom is -0.323 e. The van der Waals surface area contributed by atoms with Gasteiger partial charge in [0.1, 0.15) is 0 Å². The van der Waals surface area contributed by atoms with Crippen molar-refractivity contribution in [1.29, 1.82) is 0 Å². The van der Waals surface area contributed by atoms with Crippen molar-refractivity contribution in [1.82, 2.24) is 9.55 Å². The summed E-state index contributed by atoms with van der Waals surface area (Å²) in [6, 6.07) is 4.03. The molecule has 18 heavy (non-hydrogen) atoms. The predicted octanol–water partition coefficient (Wildman–Crippen LogP) is 3.71. The number of rotatable bonds is 5. The third-order valence-electron chi connectivity index (χ3n) is 2.67. The molecule has 1 aromatic heterocycles. The summed E-state index contributed by atoms with van der Waals surface area (Å²) >= 11 is 0. The fourth-order valence-electron chi connectivity index (χ4n) is 1.66. The summed E-state index contributed by atoms with van der Waals surface area (Å²) in [5.74, 6) is -1.23. The van der Waals surface area contributed by atoms with Crippen LogP contribution in [0.25, 0.3) is 0 Å². The quantitative estimate of drug-likeness (QED) is 0.878. The van der Waals surface area contributed by atoms with E-state index in [9.17, 15) is 8.78 Å². The standard InChI is InChI=1S/C13H15F2N3/c1-2-3-8-18-9-7-16-13(18)17-11-6-4-5-10(14)12(11)15/h4-7,9H,2-3,8H2,1H3,(H,16,17). The van der Waals surface area contributed by atoms with Crippen molar-refractivity contribution >= 4 is 11.6 Å². The van der Waals surface area contributed by atoms with Crippen LogP contribution < -0.4 is 5.32 Å². The first kappa shape index (κ1) is 12.5. The highest BCUT2D eigenvalue weighted by atomic mass is 19.2. The molecule has 0 aliphatic rings. The van der Waals surface area contributed by atoms with Gasteiger partial charge in [-0.1, -0.05) is 19.4 Å². The smallest absolute Gasteiger partial charge is 0.207 e. The molecule has 0 amide bonds. The molecule has 5 heteroatoms. The lowest BCUT2D eigenvalue weighted by atomic mass is 10.3. The van der Waals surface area contributed by atoms with Crippen LogP contribution in [0.3, 0.4) is 0 Å². The summed E-state index contributed by atoms with van der Waals surface area (Å²) in [6.45, 7) is 2.89. The number of halogens is 2. The fourth-order valence-corrected chi connectivity index (χ4v) is 1.66. The number of benzene rings is 1. The Morgan fingerprint density at radius 1 is 1.33 bits per heavy atom. The van der Waals surface area contributed by atoms with E-state index in [2.05, 4.69) is 17.2 Å². The highest BCUT2D eigenvalue weighted by molar-refractivity contribution is 5.54. The average Bonchev–Trinajstić information content (AvgIpc) is 2.80. The maximum absolute atomic E-state index is 13.5.